The summed E-state index contributed by atoms with van der Waals surface area (Å²) < 4.78 is 35.0. The minimum atomic E-state index is -0.394. The topological polar surface area (TPSA) is 95.9 Å². The zero-order chi connectivity index (χ0) is 32.3. The van der Waals surface area contributed by atoms with Crippen molar-refractivity contribution < 1.29 is 38.4 Å². The van der Waals surface area contributed by atoms with E-state index in [1.807, 2.05) is 42.5 Å². The van der Waals surface area contributed by atoms with Crippen LogP contribution in [0.25, 0.3) is 0 Å². The zero-order valence-electron chi connectivity index (χ0n) is 26.2. The van der Waals surface area contributed by atoms with E-state index in [0.717, 1.165) is 28.0 Å². The summed E-state index contributed by atoms with van der Waals surface area (Å²) in [5, 5.41) is 11.3. The number of benzene rings is 3. The van der Waals surface area contributed by atoms with E-state index in [4.69, 9.17) is 40.0 Å². The summed E-state index contributed by atoms with van der Waals surface area (Å²) >= 11 is 7.68. The molecule has 1 aliphatic heterocycles. The maximum atomic E-state index is 11.9. The summed E-state index contributed by atoms with van der Waals surface area (Å²) in [6.45, 7) is 2.64. The molecule has 0 bridgehead atoms. The van der Waals surface area contributed by atoms with Crippen LogP contribution in [-0.4, -0.2) is 63.6 Å². The summed E-state index contributed by atoms with van der Waals surface area (Å²) in [4.78, 5) is 13.0. The number of carbonyl (C=O) groups is 1. The maximum Gasteiger partial charge on any atom is 0.249 e. The lowest BCUT2D eigenvalue weighted by Crippen LogP contribution is -2.20. The molecule has 11 heteroatoms. The molecule has 0 radical (unpaired) electrons. The molecular weight excluding hydrogens is 618 g/mol. The highest BCUT2D eigenvalue weighted by atomic mass is 35.5. The Bertz CT molecular complexity index is 1440. The molecule has 0 spiro atoms. The molecule has 1 heterocycles. The van der Waals surface area contributed by atoms with E-state index < -0.39 is 5.91 Å². The van der Waals surface area contributed by atoms with Gasteiger partial charge in [0.1, 0.15) is 0 Å². The lowest BCUT2D eigenvalue weighted by Gasteiger charge is -2.19. The molecule has 1 amide bonds. The first-order valence-corrected chi connectivity index (χ1v) is 16.0. The molecule has 3 aromatic rings. The quantitative estimate of drug-likeness (QED) is 0.0772. The van der Waals surface area contributed by atoms with Gasteiger partial charge >= 0.3 is 0 Å². The maximum absolute atomic E-state index is 11.9. The highest BCUT2D eigenvalue weighted by Crippen LogP contribution is 2.46. The molecule has 4 rings (SSSR count). The molecule has 2 unspecified atom stereocenters. The van der Waals surface area contributed by atoms with Crippen molar-refractivity contribution in [3.8, 4) is 28.7 Å². The number of rotatable bonds is 15. The Morgan fingerprint density at radius 2 is 1.62 bits per heavy atom. The van der Waals surface area contributed by atoms with Crippen molar-refractivity contribution in [1.29, 1.82) is 0 Å². The predicted molar refractivity (Wildman–Crippen MR) is 175 cm³/mol. The highest BCUT2D eigenvalue weighted by molar-refractivity contribution is 7.99. The van der Waals surface area contributed by atoms with Crippen molar-refractivity contribution in [2.24, 2.45) is 0 Å². The van der Waals surface area contributed by atoms with Crippen LogP contribution in [0.3, 0.4) is 0 Å². The van der Waals surface area contributed by atoms with Crippen molar-refractivity contribution in [1.82, 2.24) is 5.06 Å². The Morgan fingerprint density at radius 1 is 0.978 bits per heavy atom. The number of amides is 1. The Balaban J connectivity index is 1.56. The minimum absolute atomic E-state index is 0.0799. The Hall–Kier alpha value is -3.57. The van der Waals surface area contributed by atoms with E-state index >= 15 is 0 Å². The van der Waals surface area contributed by atoms with E-state index in [9.17, 15) is 10.0 Å². The number of hydroxylamine groups is 2. The van der Waals surface area contributed by atoms with E-state index in [2.05, 4.69) is 6.07 Å². The molecule has 2 atom stereocenters. The van der Waals surface area contributed by atoms with Crippen LogP contribution in [0.15, 0.2) is 65.7 Å². The monoisotopic (exact) mass is 657 g/mol. The van der Waals surface area contributed by atoms with Gasteiger partial charge in [0.2, 0.25) is 11.7 Å². The molecule has 9 nitrogen and oxygen atoms in total. The number of thioether (sulfide) groups is 1. The molecule has 0 aromatic heterocycles. The molecule has 1 N–H and O–H groups in total. The number of hydrogen-bond acceptors (Lipinski definition) is 9. The third-order valence-electron chi connectivity index (χ3n) is 7.46. The van der Waals surface area contributed by atoms with E-state index in [-0.39, 0.29) is 18.4 Å². The van der Waals surface area contributed by atoms with E-state index in [1.54, 1.807) is 53.2 Å². The molecule has 0 aliphatic carbocycles. The van der Waals surface area contributed by atoms with Crippen LogP contribution in [0.1, 0.15) is 48.5 Å². The lowest BCUT2D eigenvalue weighted by atomic mass is 9.91. The normalized spacial score (nSPS) is 16.1. The van der Waals surface area contributed by atoms with Crippen LogP contribution in [0, 0.1) is 0 Å². The number of carbonyl (C=O) groups excluding carboxylic acids is 1. The third kappa shape index (κ3) is 8.79. The van der Waals surface area contributed by atoms with Crippen LogP contribution >= 0.6 is 23.4 Å². The van der Waals surface area contributed by atoms with Crippen molar-refractivity contribution >= 4 is 29.3 Å². The molecule has 242 valence electrons. The Labute approximate surface area is 273 Å². The average Bonchev–Trinajstić information content (AvgIpc) is 3.57. The first-order valence-electron chi connectivity index (χ1n) is 14.6. The van der Waals surface area contributed by atoms with Gasteiger partial charge in [0.15, 0.2) is 23.0 Å². The second-order valence-corrected chi connectivity index (χ2v) is 11.9. The lowest BCUT2D eigenvalue weighted by molar-refractivity contribution is -0.153. The summed E-state index contributed by atoms with van der Waals surface area (Å²) in [5.41, 5.74) is 2.84. The zero-order valence-corrected chi connectivity index (χ0v) is 27.8. The van der Waals surface area contributed by atoms with Crippen molar-refractivity contribution in [2.45, 2.75) is 43.1 Å². The number of methoxy groups -OCH3 is 4. The number of allylic oxidation sites excluding steroid dienone is 1. The van der Waals surface area contributed by atoms with Crippen molar-refractivity contribution in [3.05, 3.63) is 82.5 Å². The summed E-state index contributed by atoms with van der Waals surface area (Å²) in [6, 6.07) is 15.6. The van der Waals surface area contributed by atoms with E-state index in [0.29, 0.717) is 64.2 Å². The molecule has 45 heavy (non-hydrogen) atoms. The van der Waals surface area contributed by atoms with E-state index in [1.165, 1.54) is 6.20 Å². The van der Waals surface area contributed by atoms with Gasteiger partial charge in [-0.05, 0) is 66.4 Å². The van der Waals surface area contributed by atoms with Gasteiger partial charge in [0.25, 0.3) is 0 Å². The van der Waals surface area contributed by atoms with Gasteiger partial charge in [-0.25, -0.2) is 0 Å². The van der Waals surface area contributed by atoms with Crippen LogP contribution in [-0.2, 0) is 16.0 Å². The highest BCUT2D eigenvalue weighted by Gasteiger charge is 2.31. The first-order chi connectivity index (χ1) is 21.8. The fourth-order valence-electron chi connectivity index (χ4n) is 5.12. The Kier molecular flexibility index (Phi) is 12.7. The number of hydrogen-bond donors (Lipinski definition) is 1. The minimum Gasteiger partial charge on any atom is -0.493 e. The molecule has 1 aliphatic rings. The largest absolute Gasteiger partial charge is 0.493 e. The summed E-state index contributed by atoms with van der Waals surface area (Å²) in [6.07, 6.45) is 4.24. The van der Waals surface area contributed by atoms with Crippen LogP contribution in [0.5, 0.6) is 28.7 Å². The summed E-state index contributed by atoms with van der Waals surface area (Å²) in [7, 11) is 6.38. The standard InChI is InChI=1S/C34H40ClNO8S/c1-6-32(37)36(38)13-7-8-22-16-23(17-29(39-2)33(22)43-14-15-45-27-11-9-26(35)10-12-27)25-20-28(44-21-25)24-18-30(40-3)34(42-5)31(19-24)41-4/h7,9-13,16-19,25,28,38H,6,8,14-15,20-21H2,1-5H3/b13-7+. The van der Waals surface area contributed by atoms with Crippen molar-refractivity contribution in [2.75, 3.05) is 47.4 Å². The fraction of sp³-hybridized carbons (Fsp3) is 0.382. The van der Waals surface area contributed by atoms with Crippen LogP contribution in [0.2, 0.25) is 5.02 Å². The van der Waals surface area contributed by atoms with Gasteiger partial charge in [0, 0.05) is 39.8 Å². The average molecular weight is 658 g/mol. The molecule has 1 saturated heterocycles. The fourth-order valence-corrected chi connectivity index (χ4v) is 5.98. The second-order valence-electron chi connectivity index (χ2n) is 10.3. The summed E-state index contributed by atoms with van der Waals surface area (Å²) in [5.74, 6) is 3.30. The number of ether oxygens (including phenoxy) is 6. The van der Waals surface area contributed by atoms with Gasteiger partial charge in [-0.1, -0.05) is 30.7 Å². The van der Waals surface area contributed by atoms with Gasteiger partial charge < -0.3 is 28.4 Å². The second kappa shape index (κ2) is 16.7. The Morgan fingerprint density at radius 3 is 2.24 bits per heavy atom. The first kappa shape index (κ1) is 34.3. The molecular formula is C34H40ClNO8S. The SMILES string of the molecule is CCC(=O)N(O)/C=C/Cc1cc(C2COC(c3cc(OC)c(OC)c(OC)c3)C2)cc(OC)c1OCCSc1ccc(Cl)cc1. The molecule has 0 saturated carbocycles. The van der Waals surface area contributed by atoms with Crippen LogP contribution in [0.4, 0.5) is 0 Å². The van der Waals surface area contributed by atoms with Gasteiger partial charge in [-0.3, -0.25) is 10.0 Å². The van der Waals surface area contributed by atoms with Crippen LogP contribution < -0.4 is 23.7 Å². The van der Waals surface area contributed by atoms with Gasteiger partial charge in [-0.2, -0.15) is 5.06 Å². The molecule has 3 aromatic carbocycles. The third-order valence-corrected chi connectivity index (χ3v) is 8.68. The van der Waals surface area contributed by atoms with Crippen molar-refractivity contribution in [3.63, 3.8) is 0 Å². The number of nitrogens with zero attached hydrogens (tertiary/aromatic N) is 1. The van der Waals surface area contributed by atoms with Gasteiger partial charge in [-0.15, -0.1) is 11.8 Å². The smallest absolute Gasteiger partial charge is 0.249 e. The predicted octanol–water partition coefficient (Wildman–Crippen LogP) is 7.47. The number of halogens is 1. The molecule has 1 fully saturated rings. The van der Waals surface area contributed by atoms with Gasteiger partial charge in [0.05, 0.1) is 47.8 Å².